The average Bonchev–Trinajstić information content (AvgIpc) is 3.24. The number of benzene rings is 2. The minimum atomic E-state index is -0.182. The van der Waals surface area contributed by atoms with Crippen LogP contribution in [-0.4, -0.2) is 27.8 Å². The third-order valence-electron chi connectivity index (χ3n) is 6.11. The average molecular weight is 506 g/mol. The molecule has 0 aliphatic heterocycles. The van der Waals surface area contributed by atoms with Crippen molar-refractivity contribution in [1.29, 1.82) is 0 Å². The van der Waals surface area contributed by atoms with Gasteiger partial charge in [-0.15, -0.1) is 11.3 Å². The third kappa shape index (κ3) is 4.73. The van der Waals surface area contributed by atoms with Crippen molar-refractivity contribution in [2.75, 3.05) is 17.7 Å². The van der Waals surface area contributed by atoms with Crippen LogP contribution < -0.4 is 15.6 Å². The highest BCUT2D eigenvalue weighted by Gasteiger charge is 2.23. The van der Waals surface area contributed by atoms with Crippen molar-refractivity contribution < 1.29 is 9.53 Å². The number of aromatic nitrogens is 2. The van der Waals surface area contributed by atoms with E-state index in [2.05, 4.69) is 5.32 Å². The van der Waals surface area contributed by atoms with Gasteiger partial charge in [-0.2, -0.15) is 0 Å². The molecule has 0 bridgehead atoms. The number of fused-ring (bicyclic) bond motifs is 3. The fourth-order valence-electron chi connectivity index (χ4n) is 4.48. The zero-order valence-corrected chi connectivity index (χ0v) is 21.4. The largest absolute Gasteiger partial charge is 0.492 e. The summed E-state index contributed by atoms with van der Waals surface area (Å²) >= 11 is 2.90. The van der Waals surface area contributed by atoms with E-state index in [4.69, 9.17) is 9.72 Å². The quantitative estimate of drug-likeness (QED) is 0.255. The van der Waals surface area contributed by atoms with Crippen LogP contribution in [0.3, 0.4) is 0 Å². The Morgan fingerprint density at radius 3 is 2.74 bits per heavy atom. The molecule has 1 amide bonds. The highest BCUT2D eigenvalue weighted by Crippen LogP contribution is 2.35. The number of anilines is 1. The number of hydrogen-bond donors (Lipinski definition) is 1. The van der Waals surface area contributed by atoms with Crippen molar-refractivity contribution in [1.82, 2.24) is 9.55 Å². The first-order valence-electron chi connectivity index (χ1n) is 11.8. The first-order valence-corrected chi connectivity index (χ1v) is 13.6. The molecule has 35 heavy (non-hydrogen) atoms. The van der Waals surface area contributed by atoms with Crippen LogP contribution in [0.4, 0.5) is 5.69 Å². The predicted octanol–water partition coefficient (Wildman–Crippen LogP) is 5.76. The molecule has 0 atom stereocenters. The Balaban J connectivity index is 1.51. The minimum absolute atomic E-state index is 0.0479. The van der Waals surface area contributed by atoms with Gasteiger partial charge >= 0.3 is 0 Å². The Kier molecular flexibility index (Phi) is 6.92. The van der Waals surface area contributed by atoms with E-state index >= 15 is 0 Å². The molecule has 2 aromatic heterocycles. The van der Waals surface area contributed by atoms with Gasteiger partial charge in [0.1, 0.15) is 10.6 Å². The number of carbonyl (C=O) groups excluding carboxylic acids is 1. The molecule has 0 spiro atoms. The van der Waals surface area contributed by atoms with Crippen molar-refractivity contribution >= 4 is 44.9 Å². The molecule has 1 aliphatic rings. The molecule has 0 unspecified atom stereocenters. The van der Waals surface area contributed by atoms with Crippen LogP contribution >= 0.6 is 23.1 Å². The molecule has 5 rings (SSSR count). The normalized spacial score (nSPS) is 13.0. The highest BCUT2D eigenvalue weighted by molar-refractivity contribution is 7.99. The van der Waals surface area contributed by atoms with Gasteiger partial charge in [0.25, 0.3) is 5.56 Å². The number of thioether (sulfide) groups is 1. The second-order valence-electron chi connectivity index (χ2n) is 8.48. The first kappa shape index (κ1) is 23.6. The maximum Gasteiger partial charge on any atom is 0.267 e. The summed E-state index contributed by atoms with van der Waals surface area (Å²) < 4.78 is 7.30. The van der Waals surface area contributed by atoms with Gasteiger partial charge in [-0.05, 0) is 68.9 Å². The van der Waals surface area contributed by atoms with E-state index < -0.39 is 0 Å². The molecule has 1 aliphatic carbocycles. The Labute approximate surface area is 212 Å². The van der Waals surface area contributed by atoms with Crippen LogP contribution in [0.5, 0.6) is 5.75 Å². The second kappa shape index (κ2) is 10.3. The van der Waals surface area contributed by atoms with E-state index in [1.807, 2.05) is 62.4 Å². The number of thiophene rings is 1. The van der Waals surface area contributed by atoms with Crippen LogP contribution in [0.2, 0.25) is 0 Å². The summed E-state index contributed by atoms with van der Waals surface area (Å²) in [6, 6.07) is 15.2. The number of nitrogens with one attached hydrogen (secondary N) is 1. The van der Waals surface area contributed by atoms with Crippen molar-refractivity contribution in [3.63, 3.8) is 0 Å². The third-order valence-corrected chi connectivity index (χ3v) is 8.23. The fourth-order valence-corrected chi connectivity index (χ4v) is 6.59. The summed E-state index contributed by atoms with van der Waals surface area (Å²) in [6.07, 6.45) is 4.18. The van der Waals surface area contributed by atoms with E-state index in [9.17, 15) is 9.59 Å². The molecule has 0 saturated heterocycles. The fraction of sp³-hybridized carbons (Fsp3) is 0.296. The molecular weight excluding hydrogens is 478 g/mol. The first-order chi connectivity index (χ1) is 17.1. The van der Waals surface area contributed by atoms with Gasteiger partial charge in [0.2, 0.25) is 5.91 Å². The van der Waals surface area contributed by atoms with Gasteiger partial charge in [0.15, 0.2) is 5.16 Å². The highest BCUT2D eigenvalue weighted by atomic mass is 32.2. The zero-order chi connectivity index (χ0) is 24.4. The van der Waals surface area contributed by atoms with Gasteiger partial charge in [-0.3, -0.25) is 14.2 Å². The zero-order valence-electron chi connectivity index (χ0n) is 19.8. The predicted molar refractivity (Wildman–Crippen MR) is 144 cm³/mol. The van der Waals surface area contributed by atoms with E-state index in [0.29, 0.717) is 23.2 Å². The van der Waals surface area contributed by atoms with Crippen molar-refractivity contribution in [2.45, 2.75) is 44.7 Å². The Morgan fingerprint density at radius 2 is 1.91 bits per heavy atom. The minimum Gasteiger partial charge on any atom is -0.492 e. The van der Waals surface area contributed by atoms with E-state index in [-0.39, 0.29) is 17.2 Å². The molecule has 0 radical (unpaired) electrons. The number of nitrogens with zero attached hydrogens (tertiary/aromatic N) is 2. The number of ether oxygens (including phenoxy) is 1. The summed E-state index contributed by atoms with van der Waals surface area (Å²) in [6.45, 7) is 4.41. The Morgan fingerprint density at radius 1 is 1.14 bits per heavy atom. The standard InChI is InChI=1S/C27H27N3O3S2/c1-3-33-21-14-8-6-12-19(21)28-23(31)16-34-27-29-25-24(18-11-5-9-15-22(18)35-25)26(32)30(27)20-13-7-4-10-17(20)2/h4,6-8,10,12-14H,3,5,9,11,15-16H2,1-2H3,(H,28,31). The molecule has 6 nitrogen and oxygen atoms in total. The number of hydrogen-bond acceptors (Lipinski definition) is 6. The lowest BCUT2D eigenvalue weighted by atomic mass is 9.97. The monoisotopic (exact) mass is 505 g/mol. The molecular formula is C27H27N3O3S2. The molecule has 2 heterocycles. The Hall–Kier alpha value is -3.10. The maximum atomic E-state index is 13.9. The number of aryl methyl sites for hydroxylation is 3. The van der Waals surface area contributed by atoms with Crippen LogP contribution in [0.25, 0.3) is 15.9 Å². The smallest absolute Gasteiger partial charge is 0.267 e. The van der Waals surface area contributed by atoms with Crippen LogP contribution in [0, 0.1) is 6.92 Å². The van der Waals surface area contributed by atoms with Crippen molar-refractivity contribution in [3.8, 4) is 11.4 Å². The van der Waals surface area contributed by atoms with Crippen LogP contribution in [0.15, 0.2) is 58.5 Å². The number of carbonyl (C=O) groups is 1. The summed E-state index contributed by atoms with van der Waals surface area (Å²) in [7, 11) is 0. The second-order valence-corrected chi connectivity index (χ2v) is 10.5. The maximum absolute atomic E-state index is 13.9. The molecule has 2 aromatic carbocycles. The van der Waals surface area contributed by atoms with E-state index in [1.54, 1.807) is 15.9 Å². The van der Waals surface area contributed by atoms with Crippen LogP contribution in [-0.2, 0) is 17.6 Å². The summed E-state index contributed by atoms with van der Waals surface area (Å²) in [5, 5.41) is 4.20. The lowest BCUT2D eigenvalue weighted by Gasteiger charge is -2.15. The summed E-state index contributed by atoms with van der Waals surface area (Å²) in [5.41, 5.74) is 3.53. The van der Waals surface area contributed by atoms with Gasteiger partial charge in [-0.1, -0.05) is 42.1 Å². The molecule has 180 valence electrons. The molecule has 4 aromatic rings. The number of amides is 1. The van der Waals surface area contributed by atoms with E-state index in [0.717, 1.165) is 52.7 Å². The van der Waals surface area contributed by atoms with E-state index in [1.165, 1.54) is 16.6 Å². The van der Waals surface area contributed by atoms with Gasteiger partial charge in [-0.25, -0.2) is 4.98 Å². The number of rotatable bonds is 7. The molecule has 0 fully saturated rings. The van der Waals surface area contributed by atoms with Gasteiger partial charge < -0.3 is 10.1 Å². The summed E-state index contributed by atoms with van der Waals surface area (Å²) in [4.78, 5) is 33.7. The SMILES string of the molecule is CCOc1ccccc1NC(=O)CSc1nc2sc3c(c2c(=O)n1-c1ccccc1C)CCCC3. The van der Waals surface area contributed by atoms with Gasteiger partial charge in [0, 0.05) is 4.88 Å². The summed E-state index contributed by atoms with van der Waals surface area (Å²) in [5.74, 6) is 0.572. The molecule has 0 saturated carbocycles. The lowest BCUT2D eigenvalue weighted by Crippen LogP contribution is -2.24. The van der Waals surface area contributed by atoms with Crippen molar-refractivity contribution in [2.24, 2.45) is 0 Å². The Bertz CT molecular complexity index is 1460. The topological polar surface area (TPSA) is 73.2 Å². The molecule has 1 N–H and O–H groups in total. The lowest BCUT2D eigenvalue weighted by molar-refractivity contribution is -0.113. The molecule has 8 heteroatoms. The van der Waals surface area contributed by atoms with Crippen LogP contribution in [0.1, 0.15) is 35.8 Å². The van der Waals surface area contributed by atoms with Crippen molar-refractivity contribution in [3.05, 3.63) is 74.9 Å². The van der Waals surface area contributed by atoms with Gasteiger partial charge in [0.05, 0.1) is 29.1 Å². The number of para-hydroxylation sites is 3.